The van der Waals surface area contributed by atoms with E-state index in [1.165, 1.54) is 25.1 Å². The molecule has 1 aromatic heterocycles. The number of carbonyl (C=O) groups excluding carboxylic acids is 1. The van der Waals surface area contributed by atoms with Gasteiger partial charge in [-0.3, -0.25) is 0 Å². The highest BCUT2D eigenvalue weighted by Gasteiger charge is 2.34. The number of alkyl halides is 3. The van der Waals surface area contributed by atoms with Gasteiger partial charge in [-0.05, 0) is 32.4 Å². The molecule has 0 bridgehead atoms. The number of aromatic nitrogens is 1. The second-order valence-electron chi connectivity index (χ2n) is 5.44. The first-order chi connectivity index (χ1) is 11.2. The number of carbonyl (C=O) groups is 1. The van der Waals surface area contributed by atoms with Crippen LogP contribution in [0.4, 0.5) is 18.0 Å². The van der Waals surface area contributed by atoms with E-state index in [1.807, 2.05) is 0 Å². The lowest BCUT2D eigenvalue weighted by Gasteiger charge is -2.19. The summed E-state index contributed by atoms with van der Waals surface area (Å²) < 4.78 is 44.1. The second kappa shape index (κ2) is 6.94. The number of aryl methyl sites for hydroxylation is 2. The van der Waals surface area contributed by atoms with Gasteiger partial charge in [-0.25, -0.2) is 4.79 Å². The lowest BCUT2D eigenvalue weighted by molar-refractivity contribution is -0.138. The number of nitrogens with one attached hydrogen (secondary N) is 2. The van der Waals surface area contributed by atoms with Gasteiger partial charge in [0.15, 0.2) is 0 Å². The minimum Gasteiger partial charge on any atom is -0.361 e. The molecule has 0 aliphatic heterocycles. The standard InChI is InChI=1S/C16H18F3N3O2/c1-9(12-6-4-5-7-14(12)16(17,18)19)21-15(23)20-8-13-10(2)22-24-11(13)3/h4-7,9H,8H2,1-3H3,(H2,20,21,23). The van der Waals surface area contributed by atoms with Crippen molar-refractivity contribution in [2.45, 2.75) is 39.5 Å². The zero-order valence-corrected chi connectivity index (χ0v) is 13.5. The van der Waals surface area contributed by atoms with Crippen LogP contribution in [0.5, 0.6) is 0 Å². The largest absolute Gasteiger partial charge is 0.416 e. The van der Waals surface area contributed by atoms with Crippen molar-refractivity contribution in [1.82, 2.24) is 15.8 Å². The molecule has 5 nitrogen and oxygen atoms in total. The van der Waals surface area contributed by atoms with E-state index in [9.17, 15) is 18.0 Å². The van der Waals surface area contributed by atoms with E-state index >= 15 is 0 Å². The molecule has 0 spiro atoms. The molecule has 1 atom stereocenters. The number of benzene rings is 1. The van der Waals surface area contributed by atoms with Crippen molar-refractivity contribution in [3.63, 3.8) is 0 Å². The fourth-order valence-electron chi connectivity index (χ4n) is 2.38. The van der Waals surface area contributed by atoms with E-state index in [-0.39, 0.29) is 12.1 Å². The summed E-state index contributed by atoms with van der Waals surface area (Å²) in [7, 11) is 0. The van der Waals surface area contributed by atoms with Gasteiger partial charge in [0.2, 0.25) is 0 Å². The van der Waals surface area contributed by atoms with E-state index < -0.39 is 23.8 Å². The van der Waals surface area contributed by atoms with E-state index in [1.54, 1.807) is 13.8 Å². The molecule has 0 radical (unpaired) electrons. The van der Waals surface area contributed by atoms with Crippen molar-refractivity contribution in [3.05, 3.63) is 52.4 Å². The highest BCUT2D eigenvalue weighted by atomic mass is 19.4. The lowest BCUT2D eigenvalue weighted by Crippen LogP contribution is -2.37. The van der Waals surface area contributed by atoms with Crippen molar-refractivity contribution in [2.75, 3.05) is 0 Å². The van der Waals surface area contributed by atoms with Crippen LogP contribution in [-0.2, 0) is 12.7 Å². The van der Waals surface area contributed by atoms with Crippen LogP contribution < -0.4 is 10.6 Å². The van der Waals surface area contributed by atoms with Gasteiger partial charge < -0.3 is 15.2 Å². The molecule has 2 aromatic rings. The van der Waals surface area contributed by atoms with Crippen molar-refractivity contribution in [2.24, 2.45) is 0 Å². The fourth-order valence-corrected chi connectivity index (χ4v) is 2.38. The van der Waals surface area contributed by atoms with Crippen molar-refractivity contribution in [3.8, 4) is 0 Å². The average molecular weight is 341 g/mol. The third kappa shape index (κ3) is 4.06. The summed E-state index contributed by atoms with van der Waals surface area (Å²) in [5, 5.41) is 8.87. The number of urea groups is 1. The van der Waals surface area contributed by atoms with Gasteiger partial charge in [0, 0.05) is 12.1 Å². The van der Waals surface area contributed by atoms with E-state index in [2.05, 4.69) is 15.8 Å². The van der Waals surface area contributed by atoms with Gasteiger partial charge >= 0.3 is 12.2 Å². The molecule has 0 fully saturated rings. The number of halogens is 3. The van der Waals surface area contributed by atoms with E-state index in [0.717, 1.165) is 11.6 Å². The third-order valence-electron chi connectivity index (χ3n) is 3.69. The Hall–Kier alpha value is -2.51. The third-order valence-corrected chi connectivity index (χ3v) is 3.69. The maximum absolute atomic E-state index is 13.0. The number of amides is 2. The molecular weight excluding hydrogens is 323 g/mol. The maximum Gasteiger partial charge on any atom is 0.416 e. The molecular formula is C16H18F3N3O2. The molecule has 0 saturated carbocycles. The lowest BCUT2D eigenvalue weighted by atomic mass is 10.0. The predicted molar refractivity (Wildman–Crippen MR) is 81.2 cm³/mol. The zero-order chi connectivity index (χ0) is 17.9. The van der Waals surface area contributed by atoms with Gasteiger partial charge in [0.25, 0.3) is 0 Å². The Kier molecular flexibility index (Phi) is 5.16. The van der Waals surface area contributed by atoms with Gasteiger partial charge in [0.1, 0.15) is 5.76 Å². The van der Waals surface area contributed by atoms with E-state index in [0.29, 0.717) is 11.5 Å². The Balaban J connectivity index is 2.02. The molecule has 0 aliphatic carbocycles. The number of nitrogens with zero attached hydrogens (tertiary/aromatic N) is 1. The number of hydrogen-bond acceptors (Lipinski definition) is 3. The topological polar surface area (TPSA) is 67.2 Å². The molecule has 1 aromatic carbocycles. The Morgan fingerprint density at radius 3 is 2.54 bits per heavy atom. The molecule has 0 saturated heterocycles. The summed E-state index contributed by atoms with van der Waals surface area (Å²) in [4.78, 5) is 12.0. The highest BCUT2D eigenvalue weighted by molar-refractivity contribution is 5.74. The van der Waals surface area contributed by atoms with Crippen molar-refractivity contribution < 1.29 is 22.5 Å². The van der Waals surface area contributed by atoms with Crippen LogP contribution in [0.15, 0.2) is 28.8 Å². The Morgan fingerprint density at radius 1 is 1.29 bits per heavy atom. The van der Waals surface area contributed by atoms with Crippen LogP contribution in [0.2, 0.25) is 0 Å². The normalized spacial score (nSPS) is 12.8. The highest BCUT2D eigenvalue weighted by Crippen LogP contribution is 2.34. The summed E-state index contributed by atoms with van der Waals surface area (Å²) >= 11 is 0. The molecule has 2 rings (SSSR count). The monoisotopic (exact) mass is 341 g/mol. The van der Waals surface area contributed by atoms with Crippen LogP contribution in [-0.4, -0.2) is 11.2 Å². The van der Waals surface area contributed by atoms with Crippen LogP contribution in [0.3, 0.4) is 0 Å². The summed E-state index contributed by atoms with van der Waals surface area (Å²) in [6.07, 6.45) is -4.47. The van der Waals surface area contributed by atoms with Crippen molar-refractivity contribution >= 4 is 6.03 Å². The SMILES string of the molecule is Cc1noc(C)c1CNC(=O)NC(C)c1ccccc1C(F)(F)F. The quantitative estimate of drug-likeness (QED) is 0.887. The number of rotatable bonds is 4. The van der Waals surface area contributed by atoms with Crippen molar-refractivity contribution in [1.29, 1.82) is 0 Å². The number of hydrogen-bond donors (Lipinski definition) is 2. The van der Waals surface area contributed by atoms with Gasteiger partial charge in [-0.15, -0.1) is 0 Å². The van der Waals surface area contributed by atoms with E-state index in [4.69, 9.17) is 4.52 Å². The summed E-state index contributed by atoms with van der Waals surface area (Å²) in [6.45, 7) is 5.14. The predicted octanol–water partition coefficient (Wildman–Crippen LogP) is 3.87. The van der Waals surface area contributed by atoms with Gasteiger partial charge in [-0.2, -0.15) is 13.2 Å². The maximum atomic E-state index is 13.0. The van der Waals surface area contributed by atoms with Gasteiger partial charge in [-0.1, -0.05) is 23.4 Å². The smallest absolute Gasteiger partial charge is 0.361 e. The summed E-state index contributed by atoms with van der Waals surface area (Å²) in [5.41, 5.74) is 0.651. The van der Waals surface area contributed by atoms with Crippen LogP contribution >= 0.6 is 0 Å². The summed E-state index contributed by atoms with van der Waals surface area (Å²) in [6, 6.07) is 3.80. The molecule has 8 heteroatoms. The summed E-state index contributed by atoms with van der Waals surface area (Å²) in [5.74, 6) is 0.586. The Bertz CT molecular complexity index is 706. The first-order valence-electron chi connectivity index (χ1n) is 7.32. The molecule has 2 amide bonds. The molecule has 2 N–H and O–H groups in total. The second-order valence-corrected chi connectivity index (χ2v) is 5.44. The minimum atomic E-state index is -4.47. The average Bonchev–Trinajstić information content (AvgIpc) is 2.83. The Morgan fingerprint density at radius 2 is 1.96 bits per heavy atom. The molecule has 24 heavy (non-hydrogen) atoms. The molecule has 130 valence electrons. The minimum absolute atomic E-state index is 0.0116. The molecule has 1 heterocycles. The van der Waals surface area contributed by atoms with Crippen LogP contribution in [0.25, 0.3) is 0 Å². The fraction of sp³-hybridized carbons (Fsp3) is 0.375. The first kappa shape index (κ1) is 17.8. The zero-order valence-electron chi connectivity index (χ0n) is 13.5. The first-order valence-corrected chi connectivity index (χ1v) is 7.32. The Labute approximate surface area is 137 Å². The molecule has 0 aliphatic rings. The molecule has 1 unspecified atom stereocenters. The van der Waals surface area contributed by atoms with Crippen LogP contribution in [0.1, 0.15) is 41.1 Å². The van der Waals surface area contributed by atoms with Gasteiger partial charge in [0.05, 0.1) is 17.3 Å². The van der Waals surface area contributed by atoms with Crippen LogP contribution in [0, 0.1) is 13.8 Å².